The molecule has 1 fully saturated rings. The first kappa shape index (κ1) is 18.9. The Labute approximate surface area is 169 Å². The number of carboxylic acid groups (broad SMARTS) is 1. The number of carbonyl (C=O) groups is 2. The van der Waals surface area contributed by atoms with Crippen LogP contribution in [0.1, 0.15) is 23.1 Å². The maximum absolute atomic E-state index is 12.6. The van der Waals surface area contributed by atoms with Crippen LogP contribution in [0.4, 0.5) is 0 Å². The first-order valence-electron chi connectivity index (χ1n) is 9.59. The molecule has 5 heteroatoms. The van der Waals surface area contributed by atoms with Crippen LogP contribution >= 0.6 is 0 Å². The molecule has 0 spiro atoms. The minimum absolute atomic E-state index is 0.183. The minimum atomic E-state index is -1.02. The van der Waals surface area contributed by atoms with E-state index >= 15 is 0 Å². The van der Waals surface area contributed by atoms with Crippen molar-refractivity contribution in [3.05, 3.63) is 108 Å². The van der Waals surface area contributed by atoms with Gasteiger partial charge in [0, 0.05) is 6.42 Å². The summed E-state index contributed by atoms with van der Waals surface area (Å²) in [4.78, 5) is 24.0. The topological polar surface area (TPSA) is 78.4 Å². The fourth-order valence-corrected chi connectivity index (χ4v) is 4.04. The Morgan fingerprint density at radius 1 is 0.828 bits per heavy atom. The molecule has 0 unspecified atom stereocenters. The molecule has 146 valence electrons. The van der Waals surface area contributed by atoms with Crippen LogP contribution in [0.3, 0.4) is 0 Å². The van der Waals surface area contributed by atoms with Gasteiger partial charge in [-0.1, -0.05) is 91.0 Å². The predicted octanol–water partition coefficient (Wildman–Crippen LogP) is 2.91. The summed E-state index contributed by atoms with van der Waals surface area (Å²) in [5, 5.41) is 15.5. The van der Waals surface area contributed by atoms with Crippen molar-refractivity contribution < 1.29 is 14.7 Å². The molecule has 0 saturated carbocycles. The van der Waals surface area contributed by atoms with E-state index in [2.05, 4.69) is 10.6 Å². The molecule has 0 aromatic heterocycles. The quantitative estimate of drug-likeness (QED) is 0.569. The Morgan fingerprint density at radius 2 is 1.24 bits per heavy atom. The van der Waals surface area contributed by atoms with Crippen LogP contribution < -0.4 is 10.6 Å². The number of carboxylic acids is 1. The lowest BCUT2D eigenvalue weighted by atomic mass is 9.76. The largest absolute Gasteiger partial charge is 0.480 e. The first-order valence-corrected chi connectivity index (χ1v) is 9.59. The van der Waals surface area contributed by atoms with Crippen molar-refractivity contribution in [1.29, 1.82) is 0 Å². The van der Waals surface area contributed by atoms with Gasteiger partial charge in [-0.25, -0.2) is 4.79 Å². The summed E-state index contributed by atoms with van der Waals surface area (Å²) in [7, 11) is 0. The maximum atomic E-state index is 12.6. The predicted molar refractivity (Wildman–Crippen MR) is 110 cm³/mol. The number of hydrogen-bond donors (Lipinski definition) is 3. The maximum Gasteiger partial charge on any atom is 0.326 e. The van der Waals surface area contributed by atoms with E-state index in [-0.39, 0.29) is 12.3 Å². The number of amides is 1. The Hall–Kier alpha value is -3.44. The molecule has 1 saturated heterocycles. The summed E-state index contributed by atoms with van der Waals surface area (Å²) in [6, 6.07) is 28.2. The van der Waals surface area contributed by atoms with Crippen LogP contribution in [-0.4, -0.2) is 29.1 Å². The van der Waals surface area contributed by atoms with Crippen molar-refractivity contribution in [3.63, 3.8) is 0 Å². The van der Waals surface area contributed by atoms with Gasteiger partial charge in [0.2, 0.25) is 5.91 Å². The third kappa shape index (κ3) is 3.52. The van der Waals surface area contributed by atoms with Gasteiger partial charge in [0.15, 0.2) is 0 Å². The number of carbonyl (C=O) groups excluding carboxylic acids is 1. The van der Waals surface area contributed by atoms with Gasteiger partial charge >= 0.3 is 5.97 Å². The van der Waals surface area contributed by atoms with Crippen molar-refractivity contribution in [1.82, 2.24) is 10.6 Å². The van der Waals surface area contributed by atoms with Crippen LogP contribution in [0.2, 0.25) is 0 Å². The smallest absolute Gasteiger partial charge is 0.326 e. The molecule has 1 aliphatic rings. The van der Waals surface area contributed by atoms with E-state index in [1.54, 1.807) is 0 Å². The average molecular weight is 386 g/mol. The van der Waals surface area contributed by atoms with Crippen molar-refractivity contribution >= 4 is 11.9 Å². The SMILES string of the molecule is O=C(O)[C@@H]1C[C@H](NC(c2ccccc2)(c2ccccc2)c2ccccc2)C(=O)N1. The second-order valence-corrected chi connectivity index (χ2v) is 7.18. The zero-order chi connectivity index (χ0) is 20.3. The lowest BCUT2D eigenvalue weighted by Crippen LogP contribution is -2.52. The molecule has 3 aromatic carbocycles. The van der Waals surface area contributed by atoms with Crippen LogP contribution in [0.15, 0.2) is 91.0 Å². The van der Waals surface area contributed by atoms with Crippen LogP contribution in [-0.2, 0) is 15.1 Å². The second-order valence-electron chi connectivity index (χ2n) is 7.18. The highest BCUT2D eigenvalue weighted by atomic mass is 16.4. The van der Waals surface area contributed by atoms with Gasteiger partial charge in [0.05, 0.1) is 11.6 Å². The van der Waals surface area contributed by atoms with Crippen molar-refractivity contribution in [2.75, 3.05) is 0 Å². The highest BCUT2D eigenvalue weighted by Crippen LogP contribution is 2.37. The van der Waals surface area contributed by atoms with Crippen molar-refractivity contribution in [3.8, 4) is 0 Å². The van der Waals surface area contributed by atoms with Crippen LogP contribution in [0.5, 0.6) is 0 Å². The first-order chi connectivity index (χ1) is 14.1. The summed E-state index contributed by atoms with van der Waals surface area (Å²) in [6.07, 6.45) is 0.183. The molecular formula is C24H22N2O3. The highest BCUT2D eigenvalue weighted by Gasteiger charge is 2.44. The van der Waals surface area contributed by atoms with Crippen LogP contribution in [0, 0.1) is 0 Å². The summed E-state index contributed by atoms with van der Waals surface area (Å²) in [6.45, 7) is 0. The Balaban J connectivity index is 1.89. The molecule has 3 aromatic rings. The van der Waals surface area contributed by atoms with Gasteiger partial charge in [-0.2, -0.15) is 0 Å². The fourth-order valence-electron chi connectivity index (χ4n) is 4.04. The number of nitrogens with one attached hydrogen (secondary N) is 2. The van der Waals surface area contributed by atoms with Gasteiger partial charge in [-0.15, -0.1) is 0 Å². The normalized spacial score (nSPS) is 19.0. The van der Waals surface area contributed by atoms with Gasteiger partial charge in [0.25, 0.3) is 0 Å². The molecule has 1 heterocycles. The highest BCUT2D eigenvalue weighted by molar-refractivity contribution is 5.91. The lowest BCUT2D eigenvalue weighted by Gasteiger charge is -2.38. The standard InChI is InChI=1S/C24H22N2O3/c27-22-20(16-21(25-22)23(28)29)26-24(17-10-4-1-5-11-17,18-12-6-2-7-13-18)19-14-8-3-9-15-19/h1-15,20-21,26H,16H2,(H,25,27)(H,28,29)/t20-,21-/m0/s1. The van der Waals surface area contributed by atoms with E-state index in [0.717, 1.165) is 16.7 Å². The molecule has 29 heavy (non-hydrogen) atoms. The lowest BCUT2D eigenvalue weighted by molar-refractivity contribution is -0.140. The van der Waals surface area contributed by atoms with E-state index in [1.807, 2.05) is 91.0 Å². The average Bonchev–Trinajstić information content (AvgIpc) is 3.14. The molecule has 0 bridgehead atoms. The molecule has 0 radical (unpaired) electrons. The molecule has 2 atom stereocenters. The van der Waals surface area contributed by atoms with E-state index in [9.17, 15) is 14.7 Å². The summed E-state index contributed by atoms with van der Waals surface area (Å²) in [5.41, 5.74) is 2.12. The van der Waals surface area contributed by atoms with Crippen molar-refractivity contribution in [2.45, 2.75) is 24.0 Å². The summed E-state index contributed by atoms with van der Waals surface area (Å²) in [5.74, 6) is -1.32. The third-order valence-electron chi connectivity index (χ3n) is 5.41. The minimum Gasteiger partial charge on any atom is -0.480 e. The Bertz CT molecular complexity index is 894. The molecule has 3 N–H and O–H groups in total. The summed E-state index contributed by atoms with van der Waals surface area (Å²) < 4.78 is 0. The third-order valence-corrected chi connectivity index (χ3v) is 5.41. The molecule has 1 aliphatic heterocycles. The molecule has 0 aliphatic carbocycles. The van der Waals surface area contributed by atoms with Crippen LogP contribution in [0.25, 0.3) is 0 Å². The van der Waals surface area contributed by atoms with E-state index in [4.69, 9.17) is 0 Å². The summed E-state index contributed by atoms with van der Waals surface area (Å²) >= 11 is 0. The van der Waals surface area contributed by atoms with Gasteiger partial charge < -0.3 is 10.4 Å². The molecule has 4 rings (SSSR count). The second kappa shape index (κ2) is 7.89. The van der Waals surface area contributed by atoms with Gasteiger partial charge in [0.1, 0.15) is 6.04 Å². The van der Waals surface area contributed by atoms with E-state index < -0.39 is 23.6 Å². The zero-order valence-corrected chi connectivity index (χ0v) is 15.8. The van der Waals surface area contributed by atoms with Gasteiger partial charge in [-0.3, -0.25) is 10.1 Å². The molecular weight excluding hydrogens is 364 g/mol. The monoisotopic (exact) mass is 386 g/mol. The number of rotatable bonds is 6. The number of hydrogen-bond acceptors (Lipinski definition) is 3. The van der Waals surface area contributed by atoms with E-state index in [0.29, 0.717) is 0 Å². The van der Waals surface area contributed by atoms with E-state index in [1.165, 1.54) is 0 Å². The van der Waals surface area contributed by atoms with Gasteiger partial charge in [-0.05, 0) is 16.7 Å². The Kier molecular flexibility index (Phi) is 5.14. The molecule has 1 amide bonds. The Morgan fingerprint density at radius 3 is 1.59 bits per heavy atom. The molecule has 5 nitrogen and oxygen atoms in total. The fraction of sp³-hybridized carbons (Fsp3) is 0.167. The number of benzene rings is 3. The number of aliphatic carboxylic acids is 1. The van der Waals surface area contributed by atoms with Crippen molar-refractivity contribution in [2.24, 2.45) is 0 Å². The zero-order valence-electron chi connectivity index (χ0n) is 15.8.